The normalized spacial score (nSPS) is 9.73. The smallest absolute Gasteiger partial charge is 0.251 e. The van der Waals surface area contributed by atoms with Gasteiger partial charge in [0.2, 0.25) is 5.91 Å². The number of halogens is 1. The number of benzene rings is 1. The van der Waals surface area contributed by atoms with Crippen LogP contribution in [0.15, 0.2) is 24.3 Å². The highest BCUT2D eigenvalue weighted by atomic mass is 35.5. The van der Waals surface area contributed by atoms with E-state index in [-0.39, 0.29) is 30.6 Å². The van der Waals surface area contributed by atoms with Crippen LogP contribution in [0.5, 0.6) is 0 Å². The molecule has 2 amide bonds. The van der Waals surface area contributed by atoms with Crippen LogP contribution < -0.4 is 16.4 Å². The van der Waals surface area contributed by atoms with E-state index < -0.39 is 0 Å². The van der Waals surface area contributed by atoms with Gasteiger partial charge in [0, 0.05) is 44.0 Å². The second-order valence-electron chi connectivity index (χ2n) is 4.47. The number of nitrogens with two attached hydrogens (primary N) is 1. The number of amides is 2. The molecule has 6 nitrogen and oxygen atoms in total. The van der Waals surface area contributed by atoms with Gasteiger partial charge in [-0.2, -0.15) is 0 Å². The van der Waals surface area contributed by atoms with Crippen molar-refractivity contribution >= 4 is 29.9 Å². The van der Waals surface area contributed by atoms with Crippen LogP contribution in [0.3, 0.4) is 0 Å². The third-order valence-corrected chi connectivity index (χ3v) is 2.74. The van der Waals surface area contributed by atoms with E-state index in [1.165, 1.54) is 0 Å². The van der Waals surface area contributed by atoms with Crippen molar-refractivity contribution in [3.63, 3.8) is 0 Å². The standard InChI is InChI=1S/C15H23N3O3.ClH/c1-2-21-10-4-9-17-15(20)12-5-3-6-13(11-12)18-14(19)7-8-16;/h3,5-6,11H,2,4,7-10,16H2,1H3,(H,17,20)(H,18,19);1H. The third kappa shape index (κ3) is 7.97. The van der Waals surface area contributed by atoms with Crippen molar-refractivity contribution in [2.75, 3.05) is 31.6 Å². The summed E-state index contributed by atoms with van der Waals surface area (Å²) in [5.41, 5.74) is 6.42. The fourth-order valence-corrected chi connectivity index (χ4v) is 1.72. The molecular weight excluding hydrogens is 306 g/mol. The van der Waals surface area contributed by atoms with Gasteiger partial charge in [-0.15, -0.1) is 12.4 Å². The summed E-state index contributed by atoms with van der Waals surface area (Å²) in [7, 11) is 0. The zero-order valence-corrected chi connectivity index (χ0v) is 13.6. The number of hydrogen-bond acceptors (Lipinski definition) is 4. The average molecular weight is 330 g/mol. The number of carbonyl (C=O) groups is 2. The summed E-state index contributed by atoms with van der Waals surface area (Å²) in [5.74, 6) is -0.326. The van der Waals surface area contributed by atoms with Gasteiger partial charge in [-0.3, -0.25) is 9.59 Å². The van der Waals surface area contributed by atoms with Crippen molar-refractivity contribution in [3.05, 3.63) is 29.8 Å². The number of ether oxygens (including phenoxy) is 1. The Balaban J connectivity index is 0.00000441. The van der Waals surface area contributed by atoms with Crippen LogP contribution in [0, 0.1) is 0 Å². The molecule has 0 unspecified atom stereocenters. The summed E-state index contributed by atoms with van der Waals surface area (Å²) in [6.45, 7) is 4.10. The maximum atomic E-state index is 12.0. The summed E-state index contributed by atoms with van der Waals surface area (Å²) < 4.78 is 5.20. The molecule has 0 aromatic heterocycles. The molecule has 0 heterocycles. The predicted octanol–water partition coefficient (Wildman–Crippen LogP) is 1.55. The van der Waals surface area contributed by atoms with Crippen molar-refractivity contribution in [2.45, 2.75) is 19.8 Å². The summed E-state index contributed by atoms with van der Waals surface area (Å²) in [6.07, 6.45) is 1.03. The zero-order chi connectivity index (χ0) is 15.5. The van der Waals surface area contributed by atoms with Crippen molar-refractivity contribution in [3.8, 4) is 0 Å². The summed E-state index contributed by atoms with van der Waals surface area (Å²) >= 11 is 0. The first kappa shape index (κ1) is 20.4. The highest BCUT2D eigenvalue weighted by Crippen LogP contribution is 2.11. The van der Waals surface area contributed by atoms with Crippen molar-refractivity contribution < 1.29 is 14.3 Å². The molecule has 0 bridgehead atoms. The molecule has 0 radical (unpaired) electrons. The van der Waals surface area contributed by atoms with Gasteiger partial charge in [0.05, 0.1) is 0 Å². The Kier molecular flexibility index (Phi) is 11.1. The van der Waals surface area contributed by atoms with Crippen molar-refractivity contribution in [2.24, 2.45) is 5.73 Å². The third-order valence-electron chi connectivity index (χ3n) is 2.74. The van der Waals surface area contributed by atoms with Crippen LogP contribution in [-0.4, -0.2) is 38.1 Å². The van der Waals surface area contributed by atoms with Gasteiger partial charge in [-0.05, 0) is 31.5 Å². The topological polar surface area (TPSA) is 93.5 Å². The largest absolute Gasteiger partial charge is 0.382 e. The van der Waals surface area contributed by atoms with Gasteiger partial charge >= 0.3 is 0 Å². The molecule has 7 heteroatoms. The lowest BCUT2D eigenvalue weighted by Crippen LogP contribution is -2.25. The van der Waals surface area contributed by atoms with E-state index in [0.717, 1.165) is 6.42 Å². The second-order valence-corrected chi connectivity index (χ2v) is 4.47. The molecule has 0 spiro atoms. The Morgan fingerprint density at radius 1 is 1.32 bits per heavy atom. The number of rotatable bonds is 9. The van der Waals surface area contributed by atoms with E-state index in [4.69, 9.17) is 10.5 Å². The molecule has 22 heavy (non-hydrogen) atoms. The van der Waals surface area contributed by atoms with Crippen LogP contribution in [0.1, 0.15) is 30.1 Å². The lowest BCUT2D eigenvalue weighted by molar-refractivity contribution is -0.116. The number of nitrogens with one attached hydrogen (secondary N) is 2. The van der Waals surface area contributed by atoms with Crippen molar-refractivity contribution in [1.82, 2.24) is 5.32 Å². The lowest BCUT2D eigenvalue weighted by atomic mass is 10.2. The monoisotopic (exact) mass is 329 g/mol. The fraction of sp³-hybridized carbons (Fsp3) is 0.467. The first-order valence-electron chi connectivity index (χ1n) is 7.13. The average Bonchev–Trinajstić information content (AvgIpc) is 2.47. The molecular formula is C15H24ClN3O3. The Labute approximate surface area is 137 Å². The van der Waals surface area contributed by atoms with E-state index in [0.29, 0.717) is 37.6 Å². The number of anilines is 1. The van der Waals surface area contributed by atoms with Gasteiger partial charge < -0.3 is 21.1 Å². The second kappa shape index (κ2) is 12.0. The molecule has 0 aliphatic heterocycles. The predicted molar refractivity (Wildman–Crippen MR) is 89.4 cm³/mol. The van der Waals surface area contributed by atoms with Gasteiger partial charge in [-0.1, -0.05) is 6.07 Å². The minimum absolute atomic E-state index is 0. The SMILES string of the molecule is CCOCCCNC(=O)c1cccc(NC(=O)CCN)c1.Cl. The quantitative estimate of drug-likeness (QED) is 0.599. The van der Waals surface area contributed by atoms with E-state index in [1.807, 2.05) is 6.92 Å². The Morgan fingerprint density at radius 2 is 2.09 bits per heavy atom. The molecule has 1 aromatic carbocycles. The van der Waals surface area contributed by atoms with E-state index in [9.17, 15) is 9.59 Å². The Morgan fingerprint density at radius 3 is 2.77 bits per heavy atom. The number of hydrogen-bond donors (Lipinski definition) is 3. The van der Waals surface area contributed by atoms with Gasteiger partial charge in [0.15, 0.2) is 0 Å². The molecule has 0 atom stereocenters. The van der Waals surface area contributed by atoms with Crippen LogP contribution in [-0.2, 0) is 9.53 Å². The highest BCUT2D eigenvalue weighted by Gasteiger charge is 2.07. The maximum Gasteiger partial charge on any atom is 0.251 e. The first-order chi connectivity index (χ1) is 10.2. The van der Waals surface area contributed by atoms with Crippen LogP contribution in [0.2, 0.25) is 0 Å². The molecule has 0 fully saturated rings. The molecule has 1 aromatic rings. The molecule has 4 N–H and O–H groups in total. The Bertz CT molecular complexity index is 469. The Hall–Kier alpha value is -1.63. The van der Waals surface area contributed by atoms with E-state index >= 15 is 0 Å². The first-order valence-corrected chi connectivity index (χ1v) is 7.13. The fourth-order valence-electron chi connectivity index (χ4n) is 1.72. The molecule has 0 aliphatic carbocycles. The summed E-state index contributed by atoms with van der Waals surface area (Å²) in [6, 6.07) is 6.82. The summed E-state index contributed by atoms with van der Waals surface area (Å²) in [5, 5.41) is 5.52. The summed E-state index contributed by atoms with van der Waals surface area (Å²) in [4.78, 5) is 23.4. The molecule has 0 aliphatic rings. The van der Waals surface area contributed by atoms with Gasteiger partial charge in [0.1, 0.15) is 0 Å². The maximum absolute atomic E-state index is 12.0. The van der Waals surface area contributed by atoms with Crippen LogP contribution in [0.4, 0.5) is 5.69 Å². The molecule has 1 rings (SSSR count). The van der Waals surface area contributed by atoms with E-state index in [2.05, 4.69) is 10.6 Å². The minimum Gasteiger partial charge on any atom is -0.382 e. The van der Waals surface area contributed by atoms with E-state index in [1.54, 1.807) is 24.3 Å². The van der Waals surface area contributed by atoms with Gasteiger partial charge in [-0.25, -0.2) is 0 Å². The van der Waals surface area contributed by atoms with Gasteiger partial charge in [0.25, 0.3) is 5.91 Å². The zero-order valence-electron chi connectivity index (χ0n) is 12.8. The van der Waals surface area contributed by atoms with Crippen molar-refractivity contribution in [1.29, 1.82) is 0 Å². The van der Waals surface area contributed by atoms with Crippen LogP contribution >= 0.6 is 12.4 Å². The lowest BCUT2D eigenvalue weighted by Gasteiger charge is -2.08. The number of carbonyl (C=O) groups excluding carboxylic acids is 2. The molecule has 0 saturated carbocycles. The molecule has 124 valence electrons. The molecule has 0 saturated heterocycles. The highest BCUT2D eigenvalue weighted by molar-refractivity contribution is 5.97. The minimum atomic E-state index is -0.165. The van der Waals surface area contributed by atoms with Crippen LogP contribution in [0.25, 0.3) is 0 Å².